The van der Waals surface area contributed by atoms with E-state index in [1.165, 1.54) is 0 Å². The number of methoxy groups -OCH3 is 1. The van der Waals surface area contributed by atoms with E-state index in [9.17, 15) is 4.79 Å². The fourth-order valence-electron chi connectivity index (χ4n) is 3.44. The van der Waals surface area contributed by atoms with Crippen molar-refractivity contribution in [1.29, 1.82) is 0 Å². The van der Waals surface area contributed by atoms with E-state index in [0.29, 0.717) is 5.58 Å². The summed E-state index contributed by atoms with van der Waals surface area (Å²) in [6.45, 7) is 3.42. The standard InChI is InChI=1S/C20H20N2O3/c1-24-19-9-5-3-7-16(19)21-10-12-22(13-11-21)17-14-20(23)25-18-8-4-2-6-15(17)18/h2-9,14H,10-13H2,1H3. The van der Waals surface area contributed by atoms with Crippen molar-refractivity contribution >= 4 is 22.3 Å². The molecule has 0 aliphatic carbocycles. The number of nitrogens with zero attached hydrogens (tertiary/aromatic N) is 2. The molecule has 2 heterocycles. The lowest BCUT2D eigenvalue weighted by Gasteiger charge is -2.38. The topological polar surface area (TPSA) is 45.9 Å². The first-order valence-corrected chi connectivity index (χ1v) is 8.42. The predicted molar refractivity (Wildman–Crippen MR) is 99.9 cm³/mol. The number of anilines is 2. The van der Waals surface area contributed by atoms with Crippen LogP contribution in [0.4, 0.5) is 11.4 Å². The molecule has 25 heavy (non-hydrogen) atoms. The molecule has 128 valence electrons. The highest BCUT2D eigenvalue weighted by Crippen LogP contribution is 2.30. The molecular formula is C20H20N2O3. The van der Waals surface area contributed by atoms with Crippen LogP contribution in [0.25, 0.3) is 11.0 Å². The summed E-state index contributed by atoms with van der Waals surface area (Å²) in [7, 11) is 1.70. The van der Waals surface area contributed by atoms with Crippen molar-refractivity contribution in [3.05, 3.63) is 65.0 Å². The summed E-state index contributed by atoms with van der Waals surface area (Å²) in [6, 6.07) is 17.4. The molecule has 5 heteroatoms. The maximum atomic E-state index is 11.9. The molecule has 0 atom stereocenters. The summed E-state index contributed by atoms with van der Waals surface area (Å²) in [5.41, 5.74) is 2.40. The van der Waals surface area contributed by atoms with Crippen molar-refractivity contribution < 1.29 is 9.15 Å². The summed E-state index contributed by atoms with van der Waals surface area (Å²) in [4.78, 5) is 16.5. The first-order valence-electron chi connectivity index (χ1n) is 8.42. The normalized spacial score (nSPS) is 14.8. The third kappa shape index (κ3) is 2.93. The summed E-state index contributed by atoms with van der Waals surface area (Å²) in [5, 5.41) is 0.979. The van der Waals surface area contributed by atoms with E-state index in [2.05, 4.69) is 15.9 Å². The van der Waals surface area contributed by atoms with Gasteiger partial charge in [-0.1, -0.05) is 24.3 Å². The van der Waals surface area contributed by atoms with E-state index >= 15 is 0 Å². The van der Waals surface area contributed by atoms with Crippen LogP contribution in [0.15, 0.2) is 63.8 Å². The lowest BCUT2D eigenvalue weighted by atomic mass is 10.1. The van der Waals surface area contributed by atoms with E-state index < -0.39 is 0 Å². The molecule has 0 radical (unpaired) electrons. The van der Waals surface area contributed by atoms with Crippen LogP contribution in [0.5, 0.6) is 5.75 Å². The highest BCUT2D eigenvalue weighted by atomic mass is 16.5. The summed E-state index contributed by atoms with van der Waals surface area (Å²) >= 11 is 0. The highest BCUT2D eigenvalue weighted by Gasteiger charge is 2.21. The van der Waals surface area contributed by atoms with Crippen molar-refractivity contribution in [2.24, 2.45) is 0 Å². The van der Waals surface area contributed by atoms with Crippen LogP contribution in [-0.2, 0) is 0 Å². The zero-order chi connectivity index (χ0) is 17.2. The van der Waals surface area contributed by atoms with Gasteiger partial charge in [0, 0.05) is 37.6 Å². The average Bonchev–Trinajstić information content (AvgIpc) is 2.67. The zero-order valence-corrected chi connectivity index (χ0v) is 14.1. The molecule has 1 fully saturated rings. The Morgan fingerprint density at radius 2 is 1.52 bits per heavy atom. The van der Waals surface area contributed by atoms with Gasteiger partial charge in [-0.05, 0) is 24.3 Å². The van der Waals surface area contributed by atoms with Crippen LogP contribution < -0.4 is 20.2 Å². The molecule has 0 spiro atoms. The van der Waals surface area contributed by atoms with Gasteiger partial charge in [0.05, 0.1) is 18.5 Å². The Hall–Kier alpha value is -2.95. The Bertz CT molecular complexity index is 943. The number of para-hydroxylation sites is 3. The van der Waals surface area contributed by atoms with Crippen LogP contribution in [-0.4, -0.2) is 33.3 Å². The highest BCUT2D eigenvalue weighted by molar-refractivity contribution is 5.90. The SMILES string of the molecule is COc1ccccc1N1CCN(c2cc(=O)oc3ccccc23)CC1. The molecule has 1 saturated heterocycles. The number of hydrogen-bond acceptors (Lipinski definition) is 5. The monoisotopic (exact) mass is 336 g/mol. The molecule has 4 rings (SSSR count). The lowest BCUT2D eigenvalue weighted by Crippen LogP contribution is -2.46. The maximum absolute atomic E-state index is 11.9. The van der Waals surface area contributed by atoms with Gasteiger partial charge in [0.25, 0.3) is 0 Å². The number of fused-ring (bicyclic) bond motifs is 1. The van der Waals surface area contributed by atoms with Gasteiger partial charge in [-0.3, -0.25) is 0 Å². The van der Waals surface area contributed by atoms with Crippen molar-refractivity contribution in [3.63, 3.8) is 0 Å². The lowest BCUT2D eigenvalue weighted by molar-refractivity contribution is 0.413. The van der Waals surface area contributed by atoms with Gasteiger partial charge in [0.2, 0.25) is 0 Å². The summed E-state index contributed by atoms with van der Waals surface area (Å²) < 4.78 is 10.8. The summed E-state index contributed by atoms with van der Waals surface area (Å²) in [6.07, 6.45) is 0. The van der Waals surface area contributed by atoms with Gasteiger partial charge in [-0.2, -0.15) is 0 Å². The van der Waals surface area contributed by atoms with Crippen LogP contribution >= 0.6 is 0 Å². The Morgan fingerprint density at radius 1 is 0.880 bits per heavy atom. The quantitative estimate of drug-likeness (QED) is 0.688. The zero-order valence-electron chi connectivity index (χ0n) is 14.1. The van der Waals surface area contributed by atoms with Gasteiger partial charge in [0.1, 0.15) is 11.3 Å². The molecular weight excluding hydrogens is 316 g/mol. The Morgan fingerprint density at radius 3 is 2.28 bits per heavy atom. The maximum Gasteiger partial charge on any atom is 0.338 e. The third-order valence-corrected chi connectivity index (χ3v) is 4.67. The molecule has 0 unspecified atom stereocenters. The average molecular weight is 336 g/mol. The first kappa shape index (κ1) is 15.6. The summed E-state index contributed by atoms with van der Waals surface area (Å²) in [5.74, 6) is 0.891. The Kier molecular flexibility index (Phi) is 4.06. The molecule has 0 bridgehead atoms. The Labute approximate surface area is 146 Å². The molecule has 5 nitrogen and oxygen atoms in total. The van der Waals surface area contributed by atoms with E-state index in [0.717, 1.165) is 48.7 Å². The van der Waals surface area contributed by atoms with Crippen molar-refractivity contribution in [2.75, 3.05) is 43.1 Å². The van der Waals surface area contributed by atoms with Gasteiger partial charge in [0.15, 0.2) is 0 Å². The van der Waals surface area contributed by atoms with Crippen molar-refractivity contribution in [1.82, 2.24) is 0 Å². The number of piperazine rings is 1. The molecule has 2 aromatic carbocycles. The van der Waals surface area contributed by atoms with Crippen LogP contribution in [0.3, 0.4) is 0 Å². The van der Waals surface area contributed by atoms with E-state index in [4.69, 9.17) is 9.15 Å². The minimum absolute atomic E-state index is 0.305. The van der Waals surface area contributed by atoms with Gasteiger partial charge >= 0.3 is 5.63 Å². The van der Waals surface area contributed by atoms with Crippen LogP contribution in [0.2, 0.25) is 0 Å². The molecule has 1 aliphatic heterocycles. The minimum atomic E-state index is -0.305. The smallest absolute Gasteiger partial charge is 0.338 e. The second kappa shape index (κ2) is 6.51. The van der Waals surface area contributed by atoms with Crippen molar-refractivity contribution in [2.45, 2.75) is 0 Å². The number of hydrogen-bond donors (Lipinski definition) is 0. The number of benzene rings is 2. The number of rotatable bonds is 3. The second-order valence-corrected chi connectivity index (χ2v) is 6.09. The van der Waals surface area contributed by atoms with E-state index in [1.54, 1.807) is 13.2 Å². The molecule has 0 saturated carbocycles. The van der Waals surface area contributed by atoms with Gasteiger partial charge in [-0.25, -0.2) is 4.79 Å². The molecule has 1 aromatic heterocycles. The largest absolute Gasteiger partial charge is 0.495 e. The minimum Gasteiger partial charge on any atom is -0.495 e. The molecule has 1 aliphatic rings. The van der Waals surface area contributed by atoms with Crippen LogP contribution in [0.1, 0.15) is 0 Å². The van der Waals surface area contributed by atoms with Gasteiger partial charge < -0.3 is 19.0 Å². The predicted octanol–water partition coefficient (Wildman–Crippen LogP) is 3.13. The first-order chi connectivity index (χ1) is 12.3. The van der Waals surface area contributed by atoms with E-state index in [1.807, 2.05) is 42.5 Å². The molecule has 0 N–H and O–H groups in total. The van der Waals surface area contributed by atoms with Crippen molar-refractivity contribution in [3.8, 4) is 5.75 Å². The number of ether oxygens (including phenoxy) is 1. The van der Waals surface area contributed by atoms with Gasteiger partial charge in [-0.15, -0.1) is 0 Å². The molecule has 3 aromatic rings. The fraction of sp³-hybridized carbons (Fsp3) is 0.250. The molecule has 0 amide bonds. The fourth-order valence-corrected chi connectivity index (χ4v) is 3.44. The Balaban J connectivity index is 1.60. The van der Waals surface area contributed by atoms with Crippen LogP contribution in [0, 0.1) is 0 Å². The second-order valence-electron chi connectivity index (χ2n) is 6.09. The third-order valence-electron chi connectivity index (χ3n) is 4.67. The van der Waals surface area contributed by atoms with E-state index in [-0.39, 0.29) is 5.63 Å².